The third-order valence-corrected chi connectivity index (χ3v) is 4.08. The molecule has 0 saturated heterocycles. The summed E-state index contributed by atoms with van der Waals surface area (Å²) in [5.41, 5.74) is 4.96. The SMILES string of the molecule is COc1ccc(Cl)cc1C(=O)NNC(=O)CSc1ccccc1. The Kier molecular flexibility index (Phi) is 6.31. The molecule has 0 aliphatic heterocycles. The van der Waals surface area contributed by atoms with E-state index in [9.17, 15) is 9.59 Å². The van der Waals surface area contributed by atoms with Gasteiger partial charge in [-0.1, -0.05) is 29.8 Å². The zero-order valence-electron chi connectivity index (χ0n) is 12.3. The number of nitrogens with one attached hydrogen (secondary N) is 2. The van der Waals surface area contributed by atoms with Crippen molar-refractivity contribution in [3.8, 4) is 5.75 Å². The molecule has 0 radical (unpaired) electrons. The summed E-state index contributed by atoms with van der Waals surface area (Å²) in [7, 11) is 1.45. The minimum atomic E-state index is -0.498. The van der Waals surface area contributed by atoms with Gasteiger partial charge in [0.1, 0.15) is 5.75 Å². The highest BCUT2D eigenvalue weighted by Gasteiger charge is 2.13. The molecular weight excluding hydrogens is 336 g/mol. The van der Waals surface area contributed by atoms with Gasteiger partial charge in [-0.3, -0.25) is 20.4 Å². The maximum atomic E-state index is 12.1. The first-order valence-electron chi connectivity index (χ1n) is 6.70. The lowest BCUT2D eigenvalue weighted by atomic mass is 10.2. The van der Waals surface area contributed by atoms with Crippen LogP contribution < -0.4 is 15.6 Å². The highest BCUT2D eigenvalue weighted by atomic mass is 35.5. The summed E-state index contributed by atoms with van der Waals surface area (Å²) in [4.78, 5) is 24.8. The first-order valence-corrected chi connectivity index (χ1v) is 8.07. The van der Waals surface area contributed by atoms with Crippen LogP contribution in [-0.4, -0.2) is 24.7 Å². The fourth-order valence-electron chi connectivity index (χ4n) is 1.75. The summed E-state index contributed by atoms with van der Waals surface area (Å²) in [5.74, 6) is -0.243. The lowest BCUT2D eigenvalue weighted by Gasteiger charge is -2.10. The smallest absolute Gasteiger partial charge is 0.273 e. The molecule has 0 aliphatic carbocycles. The maximum absolute atomic E-state index is 12.1. The third kappa shape index (κ3) is 5.19. The van der Waals surface area contributed by atoms with E-state index in [1.54, 1.807) is 12.1 Å². The van der Waals surface area contributed by atoms with Crippen LogP contribution in [-0.2, 0) is 4.79 Å². The van der Waals surface area contributed by atoms with Gasteiger partial charge in [-0.25, -0.2) is 0 Å². The van der Waals surface area contributed by atoms with Crippen molar-refractivity contribution in [2.24, 2.45) is 0 Å². The van der Waals surface area contributed by atoms with Crippen molar-refractivity contribution in [1.82, 2.24) is 10.9 Å². The van der Waals surface area contributed by atoms with Crippen LogP contribution in [0.15, 0.2) is 53.4 Å². The molecule has 2 aromatic rings. The average molecular weight is 351 g/mol. The highest BCUT2D eigenvalue weighted by molar-refractivity contribution is 8.00. The molecule has 0 heterocycles. The molecule has 5 nitrogen and oxygen atoms in total. The topological polar surface area (TPSA) is 67.4 Å². The molecular formula is C16H15ClN2O3S. The van der Waals surface area contributed by atoms with Gasteiger partial charge in [-0.2, -0.15) is 0 Å². The van der Waals surface area contributed by atoms with Crippen molar-refractivity contribution in [2.45, 2.75) is 4.90 Å². The van der Waals surface area contributed by atoms with E-state index in [1.807, 2.05) is 30.3 Å². The van der Waals surface area contributed by atoms with E-state index in [0.29, 0.717) is 10.8 Å². The van der Waals surface area contributed by atoms with E-state index >= 15 is 0 Å². The fraction of sp³-hybridized carbons (Fsp3) is 0.125. The lowest BCUT2D eigenvalue weighted by Crippen LogP contribution is -2.42. The van der Waals surface area contributed by atoms with E-state index < -0.39 is 5.91 Å². The number of amides is 2. The van der Waals surface area contributed by atoms with Crippen LogP contribution in [0.1, 0.15) is 10.4 Å². The molecule has 0 aromatic heterocycles. The predicted molar refractivity (Wildman–Crippen MR) is 90.8 cm³/mol. The second-order valence-electron chi connectivity index (χ2n) is 4.45. The standard InChI is InChI=1S/C16H15ClN2O3S/c1-22-14-8-7-11(17)9-13(14)16(21)19-18-15(20)10-23-12-5-3-2-4-6-12/h2-9H,10H2,1H3,(H,18,20)(H,19,21). The second-order valence-corrected chi connectivity index (χ2v) is 5.93. The van der Waals surface area contributed by atoms with Crippen LogP contribution in [0.5, 0.6) is 5.75 Å². The van der Waals surface area contributed by atoms with Gasteiger partial charge in [-0.15, -0.1) is 11.8 Å². The first kappa shape index (κ1) is 17.2. The van der Waals surface area contributed by atoms with Gasteiger partial charge in [0.25, 0.3) is 5.91 Å². The Morgan fingerprint density at radius 3 is 2.57 bits per heavy atom. The number of methoxy groups -OCH3 is 1. The number of hydrogen-bond donors (Lipinski definition) is 2. The van der Waals surface area contributed by atoms with Crippen molar-refractivity contribution in [2.75, 3.05) is 12.9 Å². The summed E-state index contributed by atoms with van der Waals surface area (Å²) >= 11 is 7.25. The molecule has 0 aliphatic rings. The van der Waals surface area contributed by atoms with Crippen LogP contribution in [0.2, 0.25) is 5.02 Å². The van der Waals surface area contributed by atoms with Crippen LogP contribution in [0.3, 0.4) is 0 Å². The largest absolute Gasteiger partial charge is 0.496 e. The molecule has 120 valence electrons. The van der Waals surface area contributed by atoms with E-state index in [2.05, 4.69) is 10.9 Å². The summed E-state index contributed by atoms with van der Waals surface area (Å²) in [6, 6.07) is 14.2. The number of benzene rings is 2. The average Bonchev–Trinajstić information content (AvgIpc) is 2.58. The normalized spacial score (nSPS) is 10.0. The van der Waals surface area contributed by atoms with Gasteiger partial charge in [-0.05, 0) is 30.3 Å². The molecule has 2 N–H and O–H groups in total. The minimum Gasteiger partial charge on any atom is -0.496 e. The van der Waals surface area contributed by atoms with Crippen molar-refractivity contribution in [3.63, 3.8) is 0 Å². The lowest BCUT2D eigenvalue weighted by molar-refractivity contribution is -0.119. The van der Waals surface area contributed by atoms with Gasteiger partial charge in [0.05, 0.1) is 18.4 Å². The summed E-state index contributed by atoms with van der Waals surface area (Å²) in [6.07, 6.45) is 0. The fourth-order valence-corrected chi connectivity index (χ4v) is 2.64. The number of rotatable bonds is 5. The predicted octanol–water partition coefficient (Wildman–Crippen LogP) is 2.90. The van der Waals surface area contributed by atoms with Crippen LogP contribution in [0.25, 0.3) is 0 Å². The zero-order valence-corrected chi connectivity index (χ0v) is 13.9. The second kappa shape index (κ2) is 8.45. The number of hydrazine groups is 1. The van der Waals surface area contributed by atoms with Gasteiger partial charge in [0, 0.05) is 9.92 Å². The van der Waals surface area contributed by atoms with E-state index in [0.717, 1.165) is 4.90 Å². The Bertz CT molecular complexity index is 695. The van der Waals surface area contributed by atoms with Crippen LogP contribution in [0.4, 0.5) is 0 Å². The van der Waals surface area contributed by atoms with Crippen LogP contribution in [0, 0.1) is 0 Å². The molecule has 0 fully saturated rings. The number of thioether (sulfide) groups is 1. The minimum absolute atomic E-state index is 0.191. The molecule has 0 bridgehead atoms. The summed E-state index contributed by atoms with van der Waals surface area (Å²) in [5, 5.41) is 0.405. The Balaban J connectivity index is 1.86. The van der Waals surface area contributed by atoms with E-state index in [1.165, 1.54) is 24.9 Å². The highest BCUT2D eigenvalue weighted by Crippen LogP contribution is 2.22. The first-order chi connectivity index (χ1) is 11.1. The summed E-state index contributed by atoms with van der Waals surface area (Å²) in [6.45, 7) is 0. The third-order valence-electron chi connectivity index (χ3n) is 2.83. The number of halogens is 1. The molecule has 2 aromatic carbocycles. The van der Waals surface area contributed by atoms with E-state index in [4.69, 9.17) is 16.3 Å². The van der Waals surface area contributed by atoms with Crippen molar-refractivity contribution < 1.29 is 14.3 Å². The van der Waals surface area contributed by atoms with Gasteiger partial charge >= 0.3 is 0 Å². The van der Waals surface area contributed by atoms with Crippen molar-refractivity contribution in [1.29, 1.82) is 0 Å². The Morgan fingerprint density at radius 1 is 1.13 bits per heavy atom. The maximum Gasteiger partial charge on any atom is 0.273 e. The Labute approximate surface area is 143 Å². The zero-order chi connectivity index (χ0) is 16.7. The van der Waals surface area contributed by atoms with Gasteiger partial charge < -0.3 is 4.74 Å². The number of carbonyl (C=O) groups is 2. The van der Waals surface area contributed by atoms with Crippen LogP contribution >= 0.6 is 23.4 Å². The number of ether oxygens (including phenoxy) is 1. The molecule has 0 unspecified atom stereocenters. The summed E-state index contributed by atoms with van der Waals surface area (Å²) < 4.78 is 5.10. The molecule has 2 amide bonds. The van der Waals surface area contributed by atoms with Gasteiger partial charge in [0.15, 0.2) is 0 Å². The van der Waals surface area contributed by atoms with Crippen molar-refractivity contribution in [3.05, 3.63) is 59.1 Å². The molecule has 23 heavy (non-hydrogen) atoms. The Hall–Kier alpha value is -2.18. The van der Waals surface area contributed by atoms with Crippen molar-refractivity contribution >= 4 is 35.2 Å². The molecule has 0 atom stereocenters. The van der Waals surface area contributed by atoms with E-state index in [-0.39, 0.29) is 17.2 Å². The molecule has 2 rings (SSSR count). The molecule has 7 heteroatoms. The number of hydrogen-bond acceptors (Lipinski definition) is 4. The number of carbonyl (C=O) groups excluding carboxylic acids is 2. The molecule has 0 spiro atoms. The molecule has 0 saturated carbocycles. The Morgan fingerprint density at radius 2 is 1.87 bits per heavy atom. The monoisotopic (exact) mass is 350 g/mol. The quantitative estimate of drug-likeness (QED) is 0.642. The van der Waals surface area contributed by atoms with Gasteiger partial charge in [0.2, 0.25) is 5.91 Å².